The Morgan fingerprint density at radius 3 is 2.09 bits per heavy atom. The second-order valence-electron chi connectivity index (χ2n) is 5.29. The Morgan fingerprint density at radius 1 is 1.04 bits per heavy atom. The number of carbonyl (C=O) groups is 1. The Balaban J connectivity index is 2.22. The molecule has 0 fully saturated rings. The Bertz CT molecular complexity index is 784. The van der Waals surface area contributed by atoms with Crippen LogP contribution in [0.2, 0.25) is 0 Å². The van der Waals surface area contributed by atoms with Crippen molar-refractivity contribution >= 4 is 21.4 Å². The molecule has 0 unspecified atom stereocenters. The number of hydrogen-bond acceptors (Lipinski definition) is 3. The molecule has 0 aliphatic heterocycles. The van der Waals surface area contributed by atoms with Gasteiger partial charge in [-0.1, -0.05) is 12.1 Å². The van der Waals surface area contributed by atoms with Crippen molar-refractivity contribution in [3.05, 3.63) is 65.5 Å². The summed E-state index contributed by atoms with van der Waals surface area (Å²) in [6.45, 7) is 2.27. The van der Waals surface area contributed by atoms with Crippen LogP contribution in [0.5, 0.6) is 0 Å². The van der Waals surface area contributed by atoms with Crippen molar-refractivity contribution in [1.82, 2.24) is 0 Å². The third kappa shape index (κ3) is 4.63. The molecule has 0 N–H and O–H groups in total. The van der Waals surface area contributed by atoms with Crippen molar-refractivity contribution in [2.24, 2.45) is 0 Å². The van der Waals surface area contributed by atoms with Gasteiger partial charge in [-0.2, -0.15) is 0 Å². The average molecular weight is 335 g/mol. The fourth-order valence-electron chi connectivity index (χ4n) is 2.27. The molecule has 0 saturated heterocycles. The molecule has 0 aromatic heterocycles. The minimum Gasteiger partial charge on any atom is -0.309 e. The van der Waals surface area contributed by atoms with E-state index in [9.17, 15) is 17.6 Å². The number of halogens is 1. The topological polar surface area (TPSA) is 54.5 Å². The molecule has 0 saturated carbocycles. The molecule has 0 spiro atoms. The number of hydrogen-bond donors (Lipinski definition) is 0. The first-order chi connectivity index (χ1) is 10.8. The predicted octanol–water partition coefficient (Wildman–Crippen LogP) is 3.04. The van der Waals surface area contributed by atoms with Crippen LogP contribution in [0.4, 0.5) is 10.1 Å². The van der Waals surface area contributed by atoms with E-state index in [1.54, 1.807) is 36.4 Å². The Labute approximate surface area is 135 Å². The zero-order chi connectivity index (χ0) is 17.0. The third-order valence-electron chi connectivity index (χ3n) is 3.33. The van der Waals surface area contributed by atoms with Crippen molar-refractivity contribution in [3.8, 4) is 0 Å². The van der Waals surface area contributed by atoms with E-state index in [1.165, 1.54) is 23.3 Å². The molecule has 0 radical (unpaired) electrons. The van der Waals surface area contributed by atoms with Crippen LogP contribution >= 0.6 is 0 Å². The molecule has 0 bridgehead atoms. The monoisotopic (exact) mass is 335 g/mol. The van der Waals surface area contributed by atoms with Crippen LogP contribution in [0.1, 0.15) is 22.8 Å². The number of anilines is 1. The molecule has 0 aliphatic carbocycles. The lowest BCUT2D eigenvalue weighted by molar-refractivity contribution is 0.0988. The van der Waals surface area contributed by atoms with Gasteiger partial charge in [-0.3, -0.25) is 4.79 Å². The minimum atomic E-state index is -3.11. The summed E-state index contributed by atoms with van der Waals surface area (Å²) >= 11 is 0. The van der Waals surface area contributed by atoms with Crippen LogP contribution in [-0.4, -0.2) is 27.1 Å². The van der Waals surface area contributed by atoms with Crippen LogP contribution in [0.25, 0.3) is 0 Å². The first kappa shape index (κ1) is 17.1. The summed E-state index contributed by atoms with van der Waals surface area (Å²) in [5, 5.41) is 0. The molecule has 122 valence electrons. The number of amides is 1. The zero-order valence-corrected chi connectivity index (χ0v) is 13.8. The maximum Gasteiger partial charge on any atom is 0.258 e. The number of rotatable bonds is 5. The molecule has 2 aromatic rings. The van der Waals surface area contributed by atoms with Gasteiger partial charge in [0.15, 0.2) is 9.84 Å². The molecule has 0 heterocycles. The number of carbonyl (C=O) groups excluding carboxylic acids is 1. The summed E-state index contributed by atoms with van der Waals surface area (Å²) < 4.78 is 35.6. The van der Waals surface area contributed by atoms with E-state index in [1.807, 2.05) is 6.92 Å². The van der Waals surface area contributed by atoms with Crippen molar-refractivity contribution < 1.29 is 17.6 Å². The molecular formula is C17H18FNO3S. The summed E-state index contributed by atoms with van der Waals surface area (Å²) in [7, 11) is -3.11. The summed E-state index contributed by atoms with van der Waals surface area (Å²) in [6.07, 6.45) is 1.17. The minimum absolute atomic E-state index is 0.0586. The second-order valence-corrected chi connectivity index (χ2v) is 7.43. The van der Waals surface area contributed by atoms with Crippen molar-refractivity contribution in [3.63, 3.8) is 0 Å². The van der Waals surface area contributed by atoms with E-state index >= 15 is 0 Å². The second kappa shape index (κ2) is 6.91. The fourth-order valence-corrected chi connectivity index (χ4v) is 3.06. The lowest BCUT2D eigenvalue weighted by Crippen LogP contribution is -2.30. The standard InChI is InChI=1S/C17H18FNO3S/c1-3-19(16-10-8-15(18)9-11-16)17(20)14-6-4-13(5-7-14)12-23(2,21)22/h4-11H,3,12H2,1-2H3. The third-order valence-corrected chi connectivity index (χ3v) is 4.19. The highest BCUT2D eigenvalue weighted by molar-refractivity contribution is 7.89. The van der Waals surface area contributed by atoms with E-state index in [4.69, 9.17) is 0 Å². The number of sulfone groups is 1. The van der Waals surface area contributed by atoms with E-state index < -0.39 is 9.84 Å². The van der Waals surface area contributed by atoms with Gasteiger partial charge in [0.25, 0.3) is 5.91 Å². The summed E-state index contributed by atoms with van der Waals surface area (Å²) in [4.78, 5) is 14.1. The fraction of sp³-hybridized carbons (Fsp3) is 0.235. The first-order valence-electron chi connectivity index (χ1n) is 7.14. The van der Waals surface area contributed by atoms with Gasteiger partial charge in [0, 0.05) is 24.1 Å². The van der Waals surface area contributed by atoms with Crippen LogP contribution in [0, 0.1) is 5.82 Å². The Morgan fingerprint density at radius 2 is 1.61 bits per heavy atom. The molecule has 0 atom stereocenters. The van der Waals surface area contributed by atoms with Crippen LogP contribution < -0.4 is 4.90 Å². The van der Waals surface area contributed by atoms with E-state index in [-0.39, 0.29) is 17.5 Å². The largest absolute Gasteiger partial charge is 0.309 e. The van der Waals surface area contributed by atoms with Crippen molar-refractivity contribution in [1.29, 1.82) is 0 Å². The van der Waals surface area contributed by atoms with Gasteiger partial charge in [0.05, 0.1) is 5.75 Å². The molecular weight excluding hydrogens is 317 g/mol. The van der Waals surface area contributed by atoms with Crippen LogP contribution in [-0.2, 0) is 15.6 Å². The molecule has 0 aliphatic rings. The molecule has 1 amide bonds. The molecule has 2 rings (SSSR count). The van der Waals surface area contributed by atoms with E-state index in [0.29, 0.717) is 23.4 Å². The number of benzene rings is 2. The van der Waals surface area contributed by atoms with Gasteiger partial charge in [-0.15, -0.1) is 0 Å². The highest BCUT2D eigenvalue weighted by atomic mass is 32.2. The highest BCUT2D eigenvalue weighted by Crippen LogP contribution is 2.18. The van der Waals surface area contributed by atoms with Gasteiger partial charge in [0.2, 0.25) is 0 Å². The zero-order valence-electron chi connectivity index (χ0n) is 13.0. The van der Waals surface area contributed by atoms with E-state index in [0.717, 1.165) is 0 Å². The van der Waals surface area contributed by atoms with Crippen LogP contribution in [0.15, 0.2) is 48.5 Å². The lowest BCUT2D eigenvalue weighted by Gasteiger charge is -2.21. The number of nitrogens with zero attached hydrogens (tertiary/aromatic N) is 1. The average Bonchev–Trinajstić information content (AvgIpc) is 2.49. The Kier molecular flexibility index (Phi) is 5.15. The van der Waals surface area contributed by atoms with Gasteiger partial charge >= 0.3 is 0 Å². The first-order valence-corrected chi connectivity index (χ1v) is 9.20. The van der Waals surface area contributed by atoms with Gasteiger partial charge in [0.1, 0.15) is 5.82 Å². The van der Waals surface area contributed by atoms with Gasteiger partial charge in [-0.05, 0) is 48.9 Å². The molecule has 6 heteroatoms. The SMILES string of the molecule is CCN(C(=O)c1ccc(CS(C)(=O)=O)cc1)c1ccc(F)cc1. The predicted molar refractivity (Wildman–Crippen MR) is 88.7 cm³/mol. The summed E-state index contributed by atoms with van der Waals surface area (Å²) in [5.74, 6) is -0.635. The van der Waals surface area contributed by atoms with Crippen molar-refractivity contribution in [2.45, 2.75) is 12.7 Å². The Hall–Kier alpha value is -2.21. The normalized spacial score (nSPS) is 11.3. The van der Waals surface area contributed by atoms with Crippen LogP contribution in [0.3, 0.4) is 0 Å². The quantitative estimate of drug-likeness (QED) is 0.844. The van der Waals surface area contributed by atoms with E-state index in [2.05, 4.69) is 0 Å². The highest BCUT2D eigenvalue weighted by Gasteiger charge is 2.16. The smallest absolute Gasteiger partial charge is 0.258 e. The summed E-state index contributed by atoms with van der Waals surface area (Å²) in [6, 6.07) is 12.2. The van der Waals surface area contributed by atoms with Gasteiger partial charge in [-0.25, -0.2) is 12.8 Å². The lowest BCUT2D eigenvalue weighted by atomic mass is 10.1. The maximum atomic E-state index is 13.0. The molecule has 4 nitrogen and oxygen atoms in total. The molecule has 23 heavy (non-hydrogen) atoms. The summed E-state index contributed by atoms with van der Waals surface area (Å²) in [5.41, 5.74) is 1.70. The van der Waals surface area contributed by atoms with Crippen molar-refractivity contribution in [2.75, 3.05) is 17.7 Å². The maximum absolute atomic E-state index is 13.0. The van der Waals surface area contributed by atoms with Gasteiger partial charge < -0.3 is 4.90 Å². The molecule has 2 aromatic carbocycles.